The third kappa shape index (κ3) is 5.48. The van der Waals surface area contributed by atoms with Gasteiger partial charge in [-0.2, -0.15) is 0 Å². The normalized spacial score (nSPS) is 12.0. The number of rotatable bonds is 7. The number of carbonyl (C=O) groups is 3. The van der Waals surface area contributed by atoms with E-state index in [1.54, 1.807) is 22.9 Å². The maximum atomic E-state index is 12.7. The first-order valence-electron chi connectivity index (χ1n) is 11.7. The number of Topliss-reactive ketones (excluding diaryl/α,β-unsaturated/α-hetero) is 1. The SMILES string of the molecule is O=C(CCC(=O)c1ccc2c(c1)OCCO2)NNC(=O)c1nc(-c2ccccc2)n(-c2ccccc2)n1. The van der Waals surface area contributed by atoms with E-state index in [4.69, 9.17) is 9.47 Å². The fourth-order valence-electron chi connectivity index (χ4n) is 3.76. The minimum absolute atomic E-state index is 0.0413. The van der Waals surface area contributed by atoms with E-state index in [0.29, 0.717) is 36.1 Å². The van der Waals surface area contributed by atoms with E-state index in [-0.39, 0.29) is 24.4 Å². The maximum absolute atomic E-state index is 12.7. The minimum atomic E-state index is -0.682. The summed E-state index contributed by atoms with van der Waals surface area (Å²) < 4.78 is 12.5. The second kappa shape index (κ2) is 10.7. The largest absolute Gasteiger partial charge is 0.486 e. The Morgan fingerprint density at radius 1 is 0.811 bits per heavy atom. The van der Waals surface area contributed by atoms with Crippen LogP contribution >= 0.6 is 0 Å². The van der Waals surface area contributed by atoms with Crippen LogP contribution in [0.5, 0.6) is 11.5 Å². The molecule has 1 aromatic heterocycles. The van der Waals surface area contributed by atoms with Gasteiger partial charge in [-0.25, -0.2) is 9.67 Å². The number of nitrogens with one attached hydrogen (secondary N) is 2. The van der Waals surface area contributed by atoms with Gasteiger partial charge in [0.25, 0.3) is 0 Å². The molecular formula is C27H23N5O5. The lowest BCUT2D eigenvalue weighted by Gasteiger charge is -2.18. The maximum Gasteiger partial charge on any atom is 0.309 e. The lowest BCUT2D eigenvalue weighted by Crippen LogP contribution is -2.42. The zero-order valence-electron chi connectivity index (χ0n) is 19.7. The van der Waals surface area contributed by atoms with Gasteiger partial charge in [0, 0.05) is 24.0 Å². The molecule has 0 atom stereocenters. The molecule has 10 heteroatoms. The summed E-state index contributed by atoms with van der Waals surface area (Å²) in [4.78, 5) is 41.9. The van der Waals surface area contributed by atoms with Crippen molar-refractivity contribution in [2.45, 2.75) is 12.8 Å². The summed E-state index contributed by atoms with van der Waals surface area (Å²) in [5.41, 5.74) is 6.57. The zero-order chi connectivity index (χ0) is 25.6. The zero-order valence-corrected chi connectivity index (χ0v) is 19.7. The Morgan fingerprint density at radius 3 is 2.27 bits per heavy atom. The first-order valence-corrected chi connectivity index (χ1v) is 11.7. The molecule has 0 saturated carbocycles. The lowest BCUT2D eigenvalue weighted by atomic mass is 10.1. The van der Waals surface area contributed by atoms with Gasteiger partial charge in [-0.1, -0.05) is 48.5 Å². The number of fused-ring (bicyclic) bond motifs is 1. The summed E-state index contributed by atoms with van der Waals surface area (Å²) in [5.74, 6) is 0.0226. The van der Waals surface area contributed by atoms with Gasteiger partial charge in [-0.05, 0) is 30.3 Å². The predicted molar refractivity (Wildman–Crippen MR) is 133 cm³/mol. The van der Waals surface area contributed by atoms with Gasteiger partial charge in [0.2, 0.25) is 11.7 Å². The van der Waals surface area contributed by atoms with Gasteiger partial charge < -0.3 is 9.47 Å². The molecule has 2 amide bonds. The minimum Gasteiger partial charge on any atom is -0.486 e. The fourth-order valence-corrected chi connectivity index (χ4v) is 3.76. The van der Waals surface area contributed by atoms with Gasteiger partial charge >= 0.3 is 5.91 Å². The number of ether oxygens (including phenoxy) is 2. The van der Waals surface area contributed by atoms with Crippen molar-refractivity contribution >= 4 is 17.6 Å². The van der Waals surface area contributed by atoms with Crippen molar-refractivity contribution in [3.8, 4) is 28.6 Å². The average Bonchev–Trinajstić information content (AvgIpc) is 3.41. The lowest BCUT2D eigenvalue weighted by molar-refractivity contribution is -0.121. The number of aromatic nitrogens is 3. The Kier molecular flexibility index (Phi) is 6.89. The van der Waals surface area contributed by atoms with Crippen molar-refractivity contribution in [3.63, 3.8) is 0 Å². The Balaban J connectivity index is 1.21. The van der Waals surface area contributed by atoms with E-state index < -0.39 is 11.8 Å². The van der Waals surface area contributed by atoms with Crippen LogP contribution in [0, 0.1) is 0 Å². The van der Waals surface area contributed by atoms with E-state index in [9.17, 15) is 14.4 Å². The fraction of sp³-hybridized carbons (Fsp3) is 0.148. The van der Waals surface area contributed by atoms with Crippen molar-refractivity contribution in [3.05, 3.63) is 90.3 Å². The van der Waals surface area contributed by atoms with Crippen molar-refractivity contribution in [2.24, 2.45) is 0 Å². The molecule has 0 saturated heterocycles. The second-order valence-corrected chi connectivity index (χ2v) is 8.16. The first kappa shape index (κ1) is 23.7. The highest BCUT2D eigenvalue weighted by Crippen LogP contribution is 2.31. The number of carbonyl (C=O) groups excluding carboxylic acids is 3. The molecule has 0 bridgehead atoms. The summed E-state index contributed by atoms with van der Waals surface area (Å²) in [6.07, 6.45) is -0.158. The molecule has 10 nitrogen and oxygen atoms in total. The Morgan fingerprint density at radius 2 is 1.51 bits per heavy atom. The summed E-state index contributed by atoms with van der Waals surface area (Å²) >= 11 is 0. The number of amides is 2. The predicted octanol–water partition coefficient (Wildman–Crippen LogP) is 3.13. The number of hydrogen-bond acceptors (Lipinski definition) is 7. The molecule has 0 spiro atoms. The highest BCUT2D eigenvalue weighted by molar-refractivity contribution is 5.99. The van der Waals surface area contributed by atoms with Gasteiger partial charge in [-0.15, -0.1) is 5.10 Å². The van der Waals surface area contributed by atoms with Crippen LogP contribution in [0.25, 0.3) is 17.1 Å². The van der Waals surface area contributed by atoms with Gasteiger partial charge in [-0.3, -0.25) is 25.2 Å². The second-order valence-electron chi connectivity index (χ2n) is 8.16. The molecule has 2 heterocycles. The Bertz CT molecular complexity index is 1380. The van der Waals surface area contributed by atoms with Gasteiger partial charge in [0.15, 0.2) is 23.1 Å². The molecule has 4 aromatic rings. The first-order chi connectivity index (χ1) is 18.1. The summed E-state index contributed by atoms with van der Waals surface area (Å²) in [5, 5.41) is 4.35. The number of hydrogen-bond donors (Lipinski definition) is 2. The van der Waals surface area contributed by atoms with Crippen LogP contribution in [0.2, 0.25) is 0 Å². The van der Waals surface area contributed by atoms with E-state index >= 15 is 0 Å². The van der Waals surface area contributed by atoms with Crippen LogP contribution in [-0.4, -0.2) is 45.6 Å². The Labute approximate surface area is 212 Å². The molecule has 2 N–H and O–H groups in total. The summed E-state index contributed by atoms with van der Waals surface area (Å²) in [6.45, 7) is 0.875. The van der Waals surface area contributed by atoms with E-state index in [1.807, 2.05) is 60.7 Å². The topological polar surface area (TPSA) is 124 Å². The van der Waals surface area contributed by atoms with Crippen LogP contribution in [0.15, 0.2) is 78.9 Å². The van der Waals surface area contributed by atoms with Crippen molar-refractivity contribution in [2.75, 3.05) is 13.2 Å². The molecule has 37 heavy (non-hydrogen) atoms. The Hall–Kier alpha value is -4.99. The number of hydrazine groups is 1. The summed E-state index contributed by atoms with van der Waals surface area (Å²) in [7, 11) is 0. The van der Waals surface area contributed by atoms with Crippen LogP contribution in [-0.2, 0) is 4.79 Å². The molecule has 0 radical (unpaired) electrons. The molecule has 5 rings (SSSR count). The molecule has 0 unspecified atom stereocenters. The van der Waals surface area contributed by atoms with Gasteiger partial charge in [0.1, 0.15) is 13.2 Å². The monoisotopic (exact) mass is 497 g/mol. The van der Waals surface area contributed by atoms with Crippen LogP contribution in [0.3, 0.4) is 0 Å². The summed E-state index contributed by atoms with van der Waals surface area (Å²) in [6, 6.07) is 23.6. The third-order valence-corrected chi connectivity index (χ3v) is 5.60. The number of ketones is 1. The highest BCUT2D eigenvalue weighted by Gasteiger charge is 2.20. The third-order valence-electron chi connectivity index (χ3n) is 5.60. The molecule has 0 fully saturated rings. The van der Waals surface area contributed by atoms with Crippen LogP contribution < -0.4 is 20.3 Å². The number of benzene rings is 3. The van der Waals surface area contributed by atoms with E-state index in [2.05, 4.69) is 20.9 Å². The molecule has 1 aliphatic heterocycles. The average molecular weight is 498 g/mol. The molecular weight excluding hydrogens is 474 g/mol. The molecule has 1 aliphatic rings. The molecule has 186 valence electrons. The smallest absolute Gasteiger partial charge is 0.309 e. The van der Waals surface area contributed by atoms with Crippen LogP contribution in [0.4, 0.5) is 0 Å². The highest BCUT2D eigenvalue weighted by atomic mass is 16.6. The molecule has 3 aromatic carbocycles. The molecule has 0 aliphatic carbocycles. The quantitative estimate of drug-likeness (QED) is 0.297. The van der Waals surface area contributed by atoms with Gasteiger partial charge in [0.05, 0.1) is 5.69 Å². The van der Waals surface area contributed by atoms with Crippen LogP contribution in [0.1, 0.15) is 33.8 Å². The standard InChI is InChI=1S/C27H23N5O5/c33-21(19-11-13-22-23(17-19)37-16-15-36-22)12-14-24(34)29-30-27(35)25-28-26(18-7-3-1-4-8-18)32(31-25)20-9-5-2-6-10-20/h1-11,13,17H,12,14-16H2,(H,29,34)(H,30,35). The van der Waals surface area contributed by atoms with Crippen molar-refractivity contribution < 1.29 is 23.9 Å². The number of nitrogens with zero attached hydrogens (tertiary/aromatic N) is 3. The number of para-hydroxylation sites is 1. The van der Waals surface area contributed by atoms with Crippen molar-refractivity contribution in [1.29, 1.82) is 0 Å². The van der Waals surface area contributed by atoms with E-state index in [1.165, 1.54) is 0 Å². The van der Waals surface area contributed by atoms with E-state index in [0.717, 1.165) is 11.3 Å². The van der Waals surface area contributed by atoms with Crippen molar-refractivity contribution in [1.82, 2.24) is 25.6 Å².